The molecule has 4 aromatic rings. The molecule has 1 amide bonds. The van der Waals surface area contributed by atoms with Crippen molar-refractivity contribution in [1.29, 1.82) is 0 Å². The van der Waals surface area contributed by atoms with Crippen LogP contribution in [-0.4, -0.2) is 48.9 Å². The zero-order chi connectivity index (χ0) is 24.2. The predicted octanol–water partition coefficient (Wildman–Crippen LogP) is 5.41. The number of hydrogen-bond donors (Lipinski definition) is 0. The Hall–Kier alpha value is -3.61. The summed E-state index contributed by atoms with van der Waals surface area (Å²) in [5.74, 6) is 0.0570. The van der Waals surface area contributed by atoms with Crippen molar-refractivity contribution < 1.29 is 4.79 Å². The van der Waals surface area contributed by atoms with Gasteiger partial charge in [-0.3, -0.25) is 4.79 Å². The second-order valence-corrected chi connectivity index (χ2v) is 9.41. The molecule has 1 saturated heterocycles. The van der Waals surface area contributed by atoms with Gasteiger partial charge in [-0.2, -0.15) is 0 Å². The molecule has 3 heterocycles. The van der Waals surface area contributed by atoms with Crippen molar-refractivity contribution in [2.24, 2.45) is 0 Å². The lowest BCUT2D eigenvalue weighted by Crippen LogP contribution is -2.39. The van der Waals surface area contributed by atoms with Gasteiger partial charge >= 0.3 is 0 Å². The van der Waals surface area contributed by atoms with E-state index in [-0.39, 0.29) is 5.91 Å². The zero-order valence-corrected chi connectivity index (χ0v) is 20.5. The monoisotopic (exact) mass is 468 g/mol. The molecule has 0 atom stereocenters. The van der Waals surface area contributed by atoms with Crippen LogP contribution in [0.3, 0.4) is 0 Å². The first-order valence-electron chi connectivity index (χ1n) is 12.7. The van der Waals surface area contributed by atoms with Crippen LogP contribution >= 0.6 is 0 Å². The molecule has 1 aliphatic heterocycles. The van der Waals surface area contributed by atoms with Gasteiger partial charge in [0, 0.05) is 30.4 Å². The number of rotatable bonds is 7. The van der Waals surface area contributed by atoms with E-state index in [2.05, 4.69) is 29.4 Å². The lowest BCUT2D eigenvalue weighted by Gasteiger charge is -2.32. The van der Waals surface area contributed by atoms with Gasteiger partial charge in [0.1, 0.15) is 0 Å². The van der Waals surface area contributed by atoms with E-state index in [9.17, 15) is 4.79 Å². The molecule has 0 aliphatic carbocycles. The van der Waals surface area contributed by atoms with Crippen molar-refractivity contribution in [3.8, 4) is 11.3 Å². The number of piperidine rings is 1. The van der Waals surface area contributed by atoms with E-state index in [1.165, 1.54) is 0 Å². The number of aryl methyl sites for hydroxylation is 2. The number of benzene rings is 2. The number of fused-ring (bicyclic) bond motifs is 1. The summed E-state index contributed by atoms with van der Waals surface area (Å²) in [4.78, 5) is 25.3. The summed E-state index contributed by atoms with van der Waals surface area (Å²) in [6, 6.07) is 16.3. The number of nitrogens with zero attached hydrogens (tertiary/aromatic N) is 6. The Morgan fingerprint density at radius 2 is 1.80 bits per heavy atom. The van der Waals surface area contributed by atoms with Crippen LogP contribution < -0.4 is 0 Å². The van der Waals surface area contributed by atoms with Crippen molar-refractivity contribution in [3.63, 3.8) is 0 Å². The molecule has 1 aliphatic rings. The minimum absolute atomic E-state index is 0.0570. The minimum Gasteiger partial charge on any atom is -0.338 e. The molecule has 7 heteroatoms. The smallest absolute Gasteiger partial charge is 0.253 e. The average molecular weight is 469 g/mol. The van der Waals surface area contributed by atoms with Crippen LogP contribution in [-0.2, 0) is 6.42 Å². The fourth-order valence-corrected chi connectivity index (χ4v) is 4.83. The summed E-state index contributed by atoms with van der Waals surface area (Å²) in [6.45, 7) is 5.57. The Kier molecular flexibility index (Phi) is 6.84. The van der Waals surface area contributed by atoms with Crippen LogP contribution in [0.5, 0.6) is 0 Å². The van der Waals surface area contributed by atoms with Crippen molar-refractivity contribution in [1.82, 2.24) is 29.9 Å². The van der Waals surface area contributed by atoms with Crippen molar-refractivity contribution in [2.45, 2.75) is 58.4 Å². The number of hydrogen-bond acceptors (Lipinski definition) is 5. The molecule has 5 rings (SSSR count). The number of unbranched alkanes of at least 4 members (excludes halogenated alkanes) is 2. The molecule has 0 unspecified atom stereocenters. The maximum absolute atomic E-state index is 13.3. The van der Waals surface area contributed by atoms with E-state index in [0.29, 0.717) is 24.7 Å². The lowest BCUT2D eigenvalue weighted by atomic mass is 10.0. The Labute approximate surface area is 206 Å². The van der Waals surface area contributed by atoms with Crippen molar-refractivity contribution in [2.75, 3.05) is 13.1 Å². The van der Waals surface area contributed by atoms with Crippen LogP contribution in [0, 0.1) is 6.92 Å². The molecular formula is C28H32N6O. The van der Waals surface area contributed by atoms with Gasteiger partial charge in [-0.25, -0.2) is 14.6 Å². The van der Waals surface area contributed by atoms with Crippen LogP contribution in [0.15, 0.2) is 54.7 Å². The summed E-state index contributed by atoms with van der Waals surface area (Å²) in [5, 5.41) is 8.31. The first-order chi connectivity index (χ1) is 17.1. The van der Waals surface area contributed by atoms with Gasteiger partial charge < -0.3 is 4.90 Å². The Bertz CT molecular complexity index is 1310. The number of carbonyl (C=O) groups is 1. The molecular weight excluding hydrogens is 436 g/mol. The number of carbonyl (C=O) groups excluding carboxylic acids is 1. The Morgan fingerprint density at radius 1 is 1.00 bits per heavy atom. The van der Waals surface area contributed by atoms with Gasteiger partial charge in [0.25, 0.3) is 5.91 Å². The molecule has 35 heavy (non-hydrogen) atoms. The van der Waals surface area contributed by atoms with Crippen molar-refractivity contribution in [3.05, 3.63) is 71.7 Å². The SMILES string of the molecule is CCCCCc1nc2cc(C(=O)N3CCC(n4cc(C)nn4)CC3)ccc2nc1-c1ccccc1. The molecule has 0 saturated carbocycles. The van der Waals surface area contributed by atoms with Gasteiger partial charge in [-0.1, -0.05) is 55.3 Å². The van der Waals surface area contributed by atoms with Crippen LogP contribution in [0.25, 0.3) is 22.3 Å². The third-order valence-electron chi connectivity index (χ3n) is 6.80. The first kappa shape index (κ1) is 23.1. The molecule has 2 aromatic heterocycles. The summed E-state index contributed by atoms with van der Waals surface area (Å²) in [5.41, 5.74) is 6.23. The van der Waals surface area contributed by atoms with E-state index in [4.69, 9.17) is 9.97 Å². The molecule has 0 bridgehead atoms. The molecule has 7 nitrogen and oxygen atoms in total. The largest absolute Gasteiger partial charge is 0.338 e. The molecule has 0 spiro atoms. The van der Waals surface area contributed by atoms with E-state index in [0.717, 1.165) is 72.2 Å². The van der Waals surface area contributed by atoms with Gasteiger partial charge in [-0.15, -0.1) is 5.10 Å². The standard InChI is InChI=1S/C28H32N6O/c1-3-4-6-11-25-27(21-9-7-5-8-10-21)30-24-13-12-22(18-26(24)29-25)28(35)33-16-14-23(15-17-33)34-19-20(2)31-32-34/h5,7-10,12-13,18-19,23H,3-4,6,11,14-17H2,1-2H3. The molecule has 180 valence electrons. The van der Waals surface area contributed by atoms with Crippen LogP contribution in [0.1, 0.15) is 66.8 Å². The third kappa shape index (κ3) is 5.09. The fraction of sp³-hybridized carbons (Fsp3) is 0.393. The lowest BCUT2D eigenvalue weighted by molar-refractivity contribution is 0.0689. The number of likely N-dealkylation sites (tertiary alicyclic amines) is 1. The summed E-state index contributed by atoms with van der Waals surface area (Å²) < 4.78 is 1.94. The number of amides is 1. The molecule has 0 radical (unpaired) electrons. The first-order valence-corrected chi connectivity index (χ1v) is 12.7. The summed E-state index contributed by atoms with van der Waals surface area (Å²) in [6.07, 6.45) is 8.02. The van der Waals surface area contributed by atoms with Crippen LogP contribution in [0.2, 0.25) is 0 Å². The van der Waals surface area contributed by atoms with Crippen LogP contribution in [0.4, 0.5) is 0 Å². The highest BCUT2D eigenvalue weighted by Crippen LogP contribution is 2.27. The number of aromatic nitrogens is 5. The van der Waals surface area contributed by atoms with Crippen molar-refractivity contribution >= 4 is 16.9 Å². The summed E-state index contributed by atoms with van der Waals surface area (Å²) >= 11 is 0. The normalized spacial score (nSPS) is 14.5. The van der Waals surface area contributed by atoms with Gasteiger partial charge in [-0.05, 0) is 50.8 Å². The summed E-state index contributed by atoms with van der Waals surface area (Å²) in [7, 11) is 0. The highest BCUT2D eigenvalue weighted by Gasteiger charge is 2.25. The zero-order valence-electron chi connectivity index (χ0n) is 20.5. The minimum atomic E-state index is 0.0570. The quantitative estimate of drug-likeness (QED) is 0.339. The maximum Gasteiger partial charge on any atom is 0.253 e. The molecule has 0 N–H and O–H groups in total. The molecule has 1 fully saturated rings. The Morgan fingerprint density at radius 3 is 2.51 bits per heavy atom. The van der Waals surface area contributed by atoms with E-state index in [1.54, 1.807) is 0 Å². The highest BCUT2D eigenvalue weighted by atomic mass is 16.2. The van der Waals surface area contributed by atoms with E-state index >= 15 is 0 Å². The van der Waals surface area contributed by atoms with Gasteiger partial charge in [0.15, 0.2) is 0 Å². The second kappa shape index (κ2) is 10.3. The van der Waals surface area contributed by atoms with E-state index in [1.807, 2.05) is 59.1 Å². The fourth-order valence-electron chi connectivity index (χ4n) is 4.83. The van der Waals surface area contributed by atoms with Gasteiger partial charge in [0.05, 0.1) is 34.2 Å². The Balaban J connectivity index is 1.38. The highest BCUT2D eigenvalue weighted by molar-refractivity contribution is 5.97. The second-order valence-electron chi connectivity index (χ2n) is 9.41. The predicted molar refractivity (Wildman–Crippen MR) is 137 cm³/mol. The topological polar surface area (TPSA) is 76.8 Å². The van der Waals surface area contributed by atoms with Gasteiger partial charge in [0.2, 0.25) is 0 Å². The maximum atomic E-state index is 13.3. The van der Waals surface area contributed by atoms with E-state index < -0.39 is 0 Å². The molecule has 2 aromatic carbocycles. The third-order valence-corrected chi connectivity index (χ3v) is 6.80. The average Bonchev–Trinajstić information content (AvgIpc) is 3.34.